The van der Waals surface area contributed by atoms with Crippen molar-refractivity contribution in [1.82, 2.24) is 4.90 Å². The zero-order valence-corrected chi connectivity index (χ0v) is 14.2. The Kier molecular flexibility index (Phi) is 4.68. The summed E-state index contributed by atoms with van der Waals surface area (Å²) in [6, 6.07) is 11.2. The zero-order valence-electron chi connectivity index (χ0n) is 12.7. The van der Waals surface area contributed by atoms with E-state index in [1.165, 1.54) is 11.3 Å². The maximum absolute atomic E-state index is 12.8. The molecular weight excluding hydrogens is 332 g/mol. The Hall–Kier alpha value is -1.85. The van der Waals surface area contributed by atoms with Crippen LogP contribution in [0.2, 0.25) is 4.34 Å². The van der Waals surface area contributed by atoms with E-state index in [1.807, 2.05) is 35.7 Å². The molecule has 120 valence electrons. The Morgan fingerprint density at radius 1 is 1.30 bits per heavy atom. The Balaban J connectivity index is 1.87. The van der Waals surface area contributed by atoms with Gasteiger partial charge in [-0.25, -0.2) is 0 Å². The van der Waals surface area contributed by atoms with Gasteiger partial charge in [-0.15, -0.1) is 11.3 Å². The van der Waals surface area contributed by atoms with E-state index in [2.05, 4.69) is 5.32 Å². The van der Waals surface area contributed by atoms with Crippen LogP contribution in [0.4, 0.5) is 5.69 Å². The first-order valence-electron chi connectivity index (χ1n) is 7.42. The minimum atomic E-state index is -0.295. The van der Waals surface area contributed by atoms with E-state index < -0.39 is 0 Å². The summed E-state index contributed by atoms with van der Waals surface area (Å²) in [7, 11) is 1.76. The van der Waals surface area contributed by atoms with E-state index in [4.69, 9.17) is 11.6 Å². The second-order valence-corrected chi connectivity index (χ2v) is 7.12. The number of carbonyl (C=O) groups is 2. The van der Waals surface area contributed by atoms with Crippen molar-refractivity contribution in [1.29, 1.82) is 0 Å². The highest BCUT2D eigenvalue weighted by molar-refractivity contribution is 7.15. The molecule has 2 aromatic rings. The fourth-order valence-corrected chi connectivity index (χ4v) is 3.86. The molecule has 1 N–H and O–H groups in total. The number of benzene rings is 1. The maximum atomic E-state index is 12.8. The summed E-state index contributed by atoms with van der Waals surface area (Å²) < 4.78 is 0.565. The highest BCUT2D eigenvalue weighted by atomic mass is 35.5. The first kappa shape index (κ1) is 16.0. The van der Waals surface area contributed by atoms with Gasteiger partial charge in [-0.1, -0.05) is 41.9 Å². The molecule has 6 heteroatoms. The summed E-state index contributed by atoms with van der Waals surface area (Å²) in [6.45, 7) is 0. The lowest BCUT2D eigenvalue weighted by Gasteiger charge is -2.38. The molecule has 4 nitrogen and oxygen atoms in total. The Labute approximate surface area is 144 Å². The number of amides is 2. The average Bonchev–Trinajstić information content (AvgIpc) is 2.95. The molecule has 23 heavy (non-hydrogen) atoms. The second kappa shape index (κ2) is 6.72. The van der Waals surface area contributed by atoms with Gasteiger partial charge < -0.3 is 10.2 Å². The van der Waals surface area contributed by atoms with Crippen LogP contribution in [-0.2, 0) is 9.59 Å². The third-order valence-electron chi connectivity index (χ3n) is 4.21. The van der Waals surface area contributed by atoms with E-state index in [0.29, 0.717) is 22.9 Å². The lowest BCUT2D eigenvalue weighted by molar-refractivity contribution is -0.140. The molecule has 0 saturated carbocycles. The number of halogens is 1. The number of thiophene rings is 1. The smallest absolute Gasteiger partial charge is 0.229 e. The molecule has 1 fully saturated rings. The topological polar surface area (TPSA) is 49.4 Å². The van der Waals surface area contributed by atoms with Crippen molar-refractivity contribution in [3.05, 3.63) is 51.7 Å². The molecule has 1 saturated heterocycles. The van der Waals surface area contributed by atoms with Crippen molar-refractivity contribution in [2.75, 3.05) is 12.4 Å². The van der Waals surface area contributed by atoms with Crippen LogP contribution in [0.1, 0.15) is 24.4 Å². The van der Waals surface area contributed by atoms with Crippen molar-refractivity contribution in [2.45, 2.75) is 18.9 Å². The molecule has 0 radical (unpaired) electrons. The highest BCUT2D eigenvalue weighted by Crippen LogP contribution is 2.37. The molecular formula is C17H17ClN2O2S. The molecule has 0 bridgehead atoms. The second-order valence-electron chi connectivity index (χ2n) is 5.60. The molecule has 2 amide bonds. The van der Waals surface area contributed by atoms with E-state index in [9.17, 15) is 9.59 Å². The van der Waals surface area contributed by atoms with Gasteiger partial charge in [0.25, 0.3) is 0 Å². The fraction of sp³-hybridized carbons (Fsp3) is 0.294. The van der Waals surface area contributed by atoms with Crippen LogP contribution in [0.25, 0.3) is 0 Å². The van der Waals surface area contributed by atoms with Gasteiger partial charge in [-0.05, 0) is 23.4 Å². The van der Waals surface area contributed by atoms with Gasteiger partial charge in [-0.2, -0.15) is 0 Å². The molecule has 2 heterocycles. The number of anilines is 1. The molecule has 1 aliphatic rings. The third-order valence-corrected chi connectivity index (χ3v) is 5.38. The summed E-state index contributed by atoms with van der Waals surface area (Å²) in [5.74, 6) is -0.328. The van der Waals surface area contributed by atoms with Crippen LogP contribution < -0.4 is 5.32 Å². The van der Waals surface area contributed by atoms with Gasteiger partial charge in [0.2, 0.25) is 11.8 Å². The summed E-state index contributed by atoms with van der Waals surface area (Å²) in [5.41, 5.74) is 1.60. The van der Waals surface area contributed by atoms with Crippen molar-refractivity contribution >= 4 is 40.4 Å². The van der Waals surface area contributed by atoms with E-state index >= 15 is 0 Å². The largest absolute Gasteiger partial charge is 0.338 e. The number of carbonyl (C=O) groups excluding carboxylic acids is 2. The van der Waals surface area contributed by atoms with Gasteiger partial charge in [0.05, 0.1) is 17.6 Å². The Bertz CT molecular complexity index is 716. The van der Waals surface area contributed by atoms with Crippen LogP contribution in [0.15, 0.2) is 41.8 Å². The molecule has 2 atom stereocenters. The normalized spacial score (nSPS) is 21.3. The quantitative estimate of drug-likeness (QED) is 0.913. The summed E-state index contributed by atoms with van der Waals surface area (Å²) in [6.07, 6.45) is 0.922. The maximum Gasteiger partial charge on any atom is 0.229 e. The van der Waals surface area contributed by atoms with Crippen molar-refractivity contribution in [3.8, 4) is 0 Å². The van der Waals surface area contributed by atoms with Crippen LogP contribution in [0.3, 0.4) is 0 Å². The first-order chi connectivity index (χ1) is 11.1. The molecule has 1 aromatic heterocycles. The number of hydrogen-bond donors (Lipinski definition) is 1. The highest BCUT2D eigenvalue weighted by Gasteiger charge is 2.38. The van der Waals surface area contributed by atoms with Crippen molar-refractivity contribution in [2.24, 2.45) is 5.92 Å². The number of hydrogen-bond acceptors (Lipinski definition) is 3. The van der Waals surface area contributed by atoms with E-state index in [1.54, 1.807) is 18.0 Å². The number of likely N-dealkylation sites (tertiary alicyclic amines) is 1. The van der Waals surface area contributed by atoms with Gasteiger partial charge in [0.15, 0.2) is 0 Å². The van der Waals surface area contributed by atoms with Crippen molar-refractivity contribution in [3.63, 3.8) is 0 Å². The van der Waals surface area contributed by atoms with Crippen molar-refractivity contribution < 1.29 is 9.59 Å². The summed E-state index contributed by atoms with van der Waals surface area (Å²) in [5, 5.41) is 4.73. The van der Waals surface area contributed by atoms with E-state index in [-0.39, 0.29) is 23.8 Å². The molecule has 1 aromatic carbocycles. The number of piperidine rings is 1. The third kappa shape index (κ3) is 3.26. The number of rotatable bonds is 3. The van der Waals surface area contributed by atoms with Gasteiger partial charge in [0.1, 0.15) is 4.34 Å². The number of nitrogens with one attached hydrogen (secondary N) is 1. The van der Waals surface area contributed by atoms with Gasteiger partial charge >= 0.3 is 0 Å². The van der Waals surface area contributed by atoms with Crippen LogP contribution >= 0.6 is 22.9 Å². The summed E-state index contributed by atoms with van der Waals surface area (Å²) in [4.78, 5) is 26.5. The zero-order chi connectivity index (χ0) is 16.4. The predicted octanol–water partition coefficient (Wildman–Crippen LogP) is 3.95. The van der Waals surface area contributed by atoms with Crippen LogP contribution in [0, 0.1) is 5.92 Å². The lowest BCUT2D eigenvalue weighted by atomic mass is 9.84. The monoisotopic (exact) mass is 348 g/mol. The predicted molar refractivity (Wildman–Crippen MR) is 92.6 cm³/mol. The van der Waals surface area contributed by atoms with Crippen LogP contribution in [-0.4, -0.2) is 23.8 Å². The lowest BCUT2D eigenvalue weighted by Crippen LogP contribution is -2.44. The number of nitrogens with zero attached hydrogens (tertiary/aromatic N) is 1. The van der Waals surface area contributed by atoms with Gasteiger partial charge in [0, 0.05) is 13.5 Å². The SMILES string of the molecule is CN1C(=O)CC[C@@H](C(=O)Nc2ccsc2Cl)[C@H]1c1ccccc1. The molecule has 0 unspecified atom stereocenters. The first-order valence-corrected chi connectivity index (χ1v) is 8.68. The Morgan fingerprint density at radius 2 is 2.04 bits per heavy atom. The minimum Gasteiger partial charge on any atom is -0.338 e. The average molecular weight is 349 g/mol. The molecule has 3 rings (SSSR count). The Morgan fingerprint density at radius 3 is 2.70 bits per heavy atom. The fourth-order valence-electron chi connectivity index (χ4n) is 3.03. The molecule has 1 aliphatic heterocycles. The standard InChI is InChI=1S/C17H17ClN2O2S/c1-20-14(21)8-7-12(15(20)11-5-3-2-4-6-11)17(22)19-13-9-10-23-16(13)18/h2-6,9-10,12,15H,7-8H2,1H3,(H,19,22)/t12-,15-/m1/s1. The summed E-state index contributed by atoms with van der Waals surface area (Å²) >= 11 is 7.44. The van der Waals surface area contributed by atoms with Gasteiger partial charge in [-0.3, -0.25) is 9.59 Å². The van der Waals surface area contributed by atoms with E-state index in [0.717, 1.165) is 5.56 Å². The minimum absolute atomic E-state index is 0.0662. The molecule has 0 aliphatic carbocycles. The molecule has 0 spiro atoms. The van der Waals surface area contributed by atoms with Crippen LogP contribution in [0.5, 0.6) is 0 Å².